The van der Waals surface area contributed by atoms with Gasteiger partial charge in [0.1, 0.15) is 5.82 Å². The van der Waals surface area contributed by atoms with Crippen LogP contribution in [0, 0.1) is 18.2 Å². The third-order valence-electron chi connectivity index (χ3n) is 6.55. The normalized spacial score (nSPS) is 15.1. The molecule has 0 spiro atoms. The molecule has 180 valence electrons. The lowest BCUT2D eigenvalue weighted by Gasteiger charge is -2.49. The molecule has 1 fully saturated rings. The first kappa shape index (κ1) is 25.4. The van der Waals surface area contributed by atoms with E-state index < -0.39 is 0 Å². The molecule has 34 heavy (non-hydrogen) atoms. The van der Waals surface area contributed by atoms with Crippen molar-refractivity contribution in [3.8, 4) is 0 Å². The Morgan fingerprint density at radius 2 is 2.00 bits per heavy atom. The molecule has 1 aliphatic heterocycles. The third-order valence-corrected chi connectivity index (χ3v) is 6.55. The van der Waals surface area contributed by atoms with Gasteiger partial charge in [-0.2, -0.15) is 0 Å². The predicted molar refractivity (Wildman–Crippen MR) is 146 cm³/mol. The van der Waals surface area contributed by atoms with Crippen LogP contribution < -0.4 is 10.2 Å². The Balaban J connectivity index is 2.07. The molecule has 0 aromatic heterocycles. The van der Waals surface area contributed by atoms with E-state index in [1.54, 1.807) is 19.2 Å². The van der Waals surface area contributed by atoms with Gasteiger partial charge in [-0.15, -0.1) is 6.58 Å². The van der Waals surface area contributed by atoms with E-state index in [1.807, 2.05) is 19.9 Å². The molecule has 0 radical (unpaired) electrons. The fourth-order valence-electron chi connectivity index (χ4n) is 4.68. The molecule has 4 nitrogen and oxygen atoms in total. The SMILES string of the molecule is C=CC1(CN(C(=C)C)c2cc(C(=C)Nc3cccc(F)c3C)c(N=CC)cc2CC)CN(C)C1. The lowest BCUT2D eigenvalue weighted by molar-refractivity contribution is 0.0734. The number of aryl methyl sites for hydroxylation is 1. The Bertz CT molecular complexity index is 1130. The number of hydrogen-bond acceptors (Lipinski definition) is 4. The first-order valence-electron chi connectivity index (χ1n) is 11.8. The average molecular weight is 461 g/mol. The maximum atomic E-state index is 14.1. The number of anilines is 2. The van der Waals surface area contributed by atoms with Crippen LogP contribution in [0.2, 0.25) is 0 Å². The standard InChI is InChI=1S/C29H37FN4/c1-9-23-15-27(31-11-3)24(22(7)32-26-14-12-13-25(30)21(26)6)16-28(23)34(20(4)5)19-29(10-2)17-33(8)18-29/h10-16,32H,2,4,7,9,17-19H2,1,3,5-6,8H3. The van der Waals surface area contributed by atoms with E-state index in [2.05, 4.69) is 72.0 Å². The van der Waals surface area contributed by atoms with Gasteiger partial charge in [0.05, 0.1) is 5.69 Å². The smallest absolute Gasteiger partial charge is 0.128 e. The molecule has 0 bridgehead atoms. The van der Waals surface area contributed by atoms with E-state index in [4.69, 9.17) is 0 Å². The fourth-order valence-corrected chi connectivity index (χ4v) is 4.68. The molecule has 0 saturated carbocycles. The van der Waals surface area contributed by atoms with Gasteiger partial charge < -0.3 is 15.1 Å². The molecule has 1 heterocycles. The Labute approximate surface area is 204 Å². The zero-order chi connectivity index (χ0) is 25.0. The van der Waals surface area contributed by atoms with Crippen LogP contribution in [0.3, 0.4) is 0 Å². The van der Waals surface area contributed by atoms with Crippen LogP contribution >= 0.6 is 0 Å². The van der Waals surface area contributed by atoms with Crippen LogP contribution in [-0.2, 0) is 6.42 Å². The molecule has 0 aliphatic carbocycles. The van der Waals surface area contributed by atoms with Gasteiger partial charge in [-0.05, 0) is 64.1 Å². The highest BCUT2D eigenvalue weighted by Gasteiger charge is 2.40. The van der Waals surface area contributed by atoms with Crippen molar-refractivity contribution in [3.63, 3.8) is 0 Å². The number of benzene rings is 2. The van der Waals surface area contributed by atoms with Crippen LogP contribution in [0.1, 0.15) is 37.5 Å². The molecule has 1 aliphatic rings. The second-order valence-electron chi connectivity index (χ2n) is 9.32. The Morgan fingerprint density at radius 1 is 1.29 bits per heavy atom. The lowest BCUT2D eigenvalue weighted by Crippen LogP contribution is -2.58. The van der Waals surface area contributed by atoms with Gasteiger partial charge in [0.25, 0.3) is 0 Å². The molecule has 0 unspecified atom stereocenters. The summed E-state index contributed by atoms with van der Waals surface area (Å²) in [5.74, 6) is -0.250. The Hall–Kier alpha value is -3.18. The second kappa shape index (κ2) is 10.4. The van der Waals surface area contributed by atoms with Crippen LogP contribution in [0.4, 0.5) is 21.5 Å². The minimum atomic E-state index is -0.250. The highest BCUT2D eigenvalue weighted by atomic mass is 19.1. The van der Waals surface area contributed by atoms with Gasteiger partial charge in [0.2, 0.25) is 0 Å². The lowest BCUT2D eigenvalue weighted by atomic mass is 9.79. The van der Waals surface area contributed by atoms with Crippen LogP contribution in [0.5, 0.6) is 0 Å². The molecule has 1 saturated heterocycles. The Kier molecular flexibility index (Phi) is 7.78. The second-order valence-corrected chi connectivity index (χ2v) is 9.32. The zero-order valence-corrected chi connectivity index (χ0v) is 21.2. The number of nitrogens with one attached hydrogen (secondary N) is 1. The highest BCUT2D eigenvalue weighted by molar-refractivity contribution is 5.86. The van der Waals surface area contributed by atoms with E-state index in [0.717, 1.165) is 48.7 Å². The molecule has 0 amide bonds. The maximum Gasteiger partial charge on any atom is 0.128 e. The Morgan fingerprint density at radius 3 is 2.56 bits per heavy atom. The summed E-state index contributed by atoms with van der Waals surface area (Å²) >= 11 is 0. The van der Waals surface area contributed by atoms with Crippen molar-refractivity contribution in [2.24, 2.45) is 10.4 Å². The number of likely N-dealkylation sites (tertiary alicyclic amines) is 1. The van der Waals surface area contributed by atoms with E-state index in [9.17, 15) is 4.39 Å². The van der Waals surface area contributed by atoms with Crippen LogP contribution in [-0.4, -0.2) is 37.8 Å². The summed E-state index contributed by atoms with van der Waals surface area (Å²) < 4.78 is 14.1. The van der Waals surface area contributed by atoms with Crippen molar-refractivity contribution in [2.75, 3.05) is 36.9 Å². The van der Waals surface area contributed by atoms with Gasteiger partial charge in [-0.1, -0.05) is 32.2 Å². The third kappa shape index (κ3) is 5.15. The quantitative estimate of drug-likeness (QED) is 0.307. The van der Waals surface area contributed by atoms with Gasteiger partial charge in [0, 0.05) is 65.2 Å². The first-order valence-corrected chi connectivity index (χ1v) is 11.8. The summed E-state index contributed by atoms with van der Waals surface area (Å²) in [6.07, 6.45) is 4.72. The molecule has 0 atom stereocenters. The van der Waals surface area contributed by atoms with Crippen molar-refractivity contribution < 1.29 is 4.39 Å². The van der Waals surface area contributed by atoms with Crippen molar-refractivity contribution in [3.05, 3.63) is 84.3 Å². The molecule has 1 N–H and O–H groups in total. The van der Waals surface area contributed by atoms with Crippen molar-refractivity contribution in [2.45, 2.75) is 34.1 Å². The molecule has 3 rings (SSSR count). The number of hydrogen-bond donors (Lipinski definition) is 1. The molecular weight excluding hydrogens is 423 g/mol. The average Bonchev–Trinajstić information content (AvgIpc) is 2.78. The van der Waals surface area contributed by atoms with E-state index in [1.165, 1.54) is 11.6 Å². The van der Waals surface area contributed by atoms with Crippen LogP contribution in [0.25, 0.3) is 5.70 Å². The minimum absolute atomic E-state index is 0.0209. The number of nitrogens with zero attached hydrogens (tertiary/aromatic N) is 3. The predicted octanol–water partition coefficient (Wildman–Crippen LogP) is 6.96. The van der Waals surface area contributed by atoms with E-state index in [0.29, 0.717) is 16.9 Å². The summed E-state index contributed by atoms with van der Waals surface area (Å²) in [5.41, 5.74) is 6.90. The monoisotopic (exact) mass is 460 g/mol. The maximum absolute atomic E-state index is 14.1. The molecular formula is C29H37FN4. The summed E-state index contributed by atoms with van der Waals surface area (Å²) in [5, 5.41) is 3.31. The van der Waals surface area contributed by atoms with Crippen molar-refractivity contribution in [1.82, 2.24) is 4.90 Å². The van der Waals surface area contributed by atoms with Gasteiger partial charge >= 0.3 is 0 Å². The topological polar surface area (TPSA) is 30.9 Å². The van der Waals surface area contributed by atoms with Gasteiger partial charge in [-0.25, -0.2) is 4.39 Å². The number of allylic oxidation sites excluding steroid dienone is 1. The number of halogens is 1. The molecule has 2 aromatic rings. The largest absolute Gasteiger partial charge is 0.355 e. The molecule has 2 aromatic carbocycles. The van der Waals surface area contributed by atoms with E-state index in [-0.39, 0.29) is 11.2 Å². The van der Waals surface area contributed by atoms with Gasteiger partial charge in [0.15, 0.2) is 0 Å². The first-order chi connectivity index (χ1) is 16.1. The van der Waals surface area contributed by atoms with Gasteiger partial charge in [-0.3, -0.25) is 4.99 Å². The summed E-state index contributed by atoms with van der Waals surface area (Å²) in [6, 6.07) is 9.28. The number of aliphatic imine (C=N–C) groups is 1. The molecule has 5 heteroatoms. The highest BCUT2D eigenvalue weighted by Crippen LogP contribution is 2.39. The number of rotatable bonds is 10. The summed E-state index contributed by atoms with van der Waals surface area (Å²) in [7, 11) is 2.13. The zero-order valence-electron chi connectivity index (χ0n) is 21.2. The minimum Gasteiger partial charge on any atom is -0.355 e. The van der Waals surface area contributed by atoms with Crippen molar-refractivity contribution >= 4 is 29.0 Å². The van der Waals surface area contributed by atoms with E-state index >= 15 is 0 Å². The summed E-state index contributed by atoms with van der Waals surface area (Å²) in [6.45, 7) is 23.3. The summed E-state index contributed by atoms with van der Waals surface area (Å²) in [4.78, 5) is 9.22. The van der Waals surface area contributed by atoms with Crippen molar-refractivity contribution in [1.29, 1.82) is 0 Å². The fraction of sp³-hybridized carbons (Fsp3) is 0.345. The van der Waals surface area contributed by atoms with Crippen LogP contribution in [0.15, 0.2) is 66.8 Å².